The van der Waals surface area contributed by atoms with Crippen LogP contribution in [0.4, 0.5) is 5.69 Å². The van der Waals surface area contributed by atoms with Gasteiger partial charge < -0.3 is 15.4 Å². The number of carbonyl (C=O) groups excluding carboxylic acids is 1. The predicted molar refractivity (Wildman–Crippen MR) is 83.7 cm³/mol. The van der Waals surface area contributed by atoms with Gasteiger partial charge in [-0.2, -0.15) is 0 Å². The highest BCUT2D eigenvalue weighted by Gasteiger charge is 2.41. The van der Waals surface area contributed by atoms with Gasteiger partial charge >= 0.3 is 0 Å². The average Bonchev–Trinajstić information content (AvgIpc) is 3.20. The molecule has 2 unspecified atom stereocenters. The van der Waals surface area contributed by atoms with Crippen LogP contribution in [-0.4, -0.2) is 31.2 Å². The third-order valence-electron chi connectivity index (χ3n) is 4.39. The Kier molecular flexibility index (Phi) is 4.15. The molecule has 0 spiro atoms. The first-order chi connectivity index (χ1) is 10.2. The highest BCUT2D eigenvalue weighted by Crippen LogP contribution is 2.38. The van der Waals surface area contributed by atoms with E-state index in [1.165, 1.54) is 12.8 Å². The second-order valence-electron chi connectivity index (χ2n) is 6.10. The summed E-state index contributed by atoms with van der Waals surface area (Å²) in [7, 11) is 0. The molecule has 0 radical (unpaired) electrons. The quantitative estimate of drug-likeness (QED) is 0.876. The number of hydrogen-bond donors (Lipinski definition) is 2. The summed E-state index contributed by atoms with van der Waals surface area (Å²) in [4.78, 5) is 12.5. The van der Waals surface area contributed by atoms with E-state index >= 15 is 0 Å². The molecular formula is C17H24N2O2. The number of nitrogens with one attached hydrogen (secondary N) is 2. The Morgan fingerprint density at radius 1 is 1.33 bits per heavy atom. The molecule has 1 amide bonds. The smallest absolute Gasteiger partial charge is 0.251 e. The van der Waals surface area contributed by atoms with Crippen molar-refractivity contribution in [3.63, 3.8) is 0 Å². The van der Waals surface area contributed by atoms with Crippen molar-refractivity contribution < 1.29 is 9.53 Å². The van der Waals surface area contributed by atoms with Crippen molar-refractivity contribution in [2.45, 2.75) is 45.3 Å². The topological polar surface area (TPSA) is 50.4 Å². The molecule has 1 aliphatic heterocycles. The fraction of sp³-hybridized carbons (Fsp3) is 0.588. The van der Waals surface area contributed by atoms with Crippen molar-refractivity contribution >= 4 is 11.6 Å². The molecule has 2 aliphatic rings. The summed E-state index contributed by atoms with van der Waals surface area (Å²) in [6, 6.07) is 6.08. The van der Waals surface area contributed by atoms with Gasteiger partial charge in [0.05, 0.1) is 12.1 Å². The minimum absolute atomic E-state index is 0.0247. The van der Waals surface area contributed by atoms with Crippen LogP contribution in [0.25, 0.3) is 0 Å². The van der Waals surface area contributed by atoms with E-state index in [0.29, 0.717) is 5.92 Å². The molecule has 1 heterocycles. The molecule has 1 aromatic carbocycles. The predicted octanol–water partition coefficient (Wildman–Crippen LogP) is 2.72. The van der Waals surface area contributed by atoms with Crippen LogP contribution in [-0.2, 0) is 4.74 Å². The number of ether oxygens (including phenoxy) is 1. The first-order valence-electron chi connectivity index (χ1n) is 7.96. The van der Waals surface area contributed by atoms with Gasteiger partial charge in [0, 0.05) is 24.4 Å². The van der Waals surface area contributed by atoms with Crippen LogP contribution in [0.3, 0.4) is 0 Å². The first-order valence-corrected chi connectivity index (χ1v) is 7.96. The second-order valence-corrected chi connectivity index (χ2v) is 6.10. The summed E-state index contributed by atoms with van der Waals surface area (Å²) in [6.07, 6.45) is 3.65. The maximum absolute atomic E-state index is 12.5. The maximum Gasteiger partial charge on any atom is 0.251 e. The Morgan fingerprint density at radius 3 is 2.81 bits per heavy atom. The lowest BCUT2D eigenvalue weighted by molar-refractivity contribution is 0.0729. The Balaban J connectivity index is 1.67. The lowest BCUT2D eigenvalue weighted by Crippen LogP contribution is -2.41. The Morgan fingerprint density at radius 2 is 2.14 bits per heavy atom. The standard InChI is InChI=1S/C17H24N2O2/c1-3-18-13-6-7-14(11(2)10-13)17(20)19-15-8-9-21-16(15)12-4-5-12/h6-7,10,12,15-16,18H,3-5,8-9H2,1-2H3,(H,19,20). The van der Waals surface area contributed by atoms with Gasteiger partial charge in [-0.1, -0.05) is 0 Å². The molecule has 21 heavy (non-hydrogen) atoms. The minimum Gasteiger partial charge on any atom is -0.385 e. The zero-order valence-electron chi connectivity index (χ0n) is 12.8. The van der Waals surface area contributed by atoms with Crippen molar-refractivity contribution in [3.05, 3.63) is 29.3 Å². The molecule has 4 heteroatoms. The van der Waals surface area contributed by atoms with E-state index in [2.05, 4.69) is 17.6 Å². The molecule has 0 aromatic heterocycles. The molecule has 1 aromatic rings. The Labute approximate surface area is 126 Å². The van der Waals surface area contributed by atoms with Gasteiger partial charge in [0.2, 0.25) is 0 Å². The van der Waals surface area contributed by atoms with Crippen molar-refractivity contribution in [1.82, 2.24) is 5.32 Å². The molecule has 114 valence electrons. The molecular weight excluding hydrogens is 264 g/mol. The van der Waals surface area contributed by atoms with Gasteiger partial charge in [0.1, 0.15) is 0 Å². The molecule has 1 saturated carbocycles. The molecule has 4 nitrogen and oxygen atoms in total. The third kappa shape index (κ3) is 3.21. The zero-order valence-corrected chi connectivity index (χ0v) is 12.8. The van der Waals surface area contributed by atoms with Gasteiger partial charge in [-0.3, -0.25) is 4.79 Å². The average molecular weight is 288 g/mol. The van der Waals surface area contributed by atoms with Gasteiger partial charge in [0.15, 0.2) is 0 Å². The summed E-state index contributed by atoms with van der Waals surface area (Å²) in [5.41, 5.74) is 2.83. The fourth-order valence-corrected chi connectivity index (χ4v) is 3.13. The van der Waals surface area contributed by atoms with Crippen LogP contribution < -0.4 is 10.6 Å². The Bertz CT molecular complexity index is 526. The van der Waals surface area contributed by atoms with Crippen LogP contribution in [0, 0.1) is 12.8 Å². The second kappa shape index (κ2) is 6.06. The maximum atomic E-state index is 12.5. The van der Waals surface area contributed by atoms with Crippen molar-refractivity contribution in [2.75, 3.05) is 18.5 Å². The van der Waals surface area contributed by atoms with Crippen LogP contribution in [0.1, 0.15) is 42.1 Å². The number of carbonyl (C=O) groups is 1. The monoisotopic (exact) mass is 288 g/mol. The van der Waals surface area contributed by atoms with Crippen LogP contribution in [0.15, 0.2) is 18.2 Å². The van der Waals surface area contributed by atoms with Crippen molar-refractivity contribution in [2.24, 2.45) is 5.92 Å². The molecule has 2 fully saturated rings. The van der Waals surface area contributed by atoms with Gasteiger partial charge in [0.25, 0.3) is 5.91 Å². The van der Waals surface area contributed by atoms with Crippen LogP contribution >= 0.6 is 0 Å². The summed E-state index contributed by atoms with van der Waals surface area (Å²) >= 11 is 0. The molecule has 1 aliphatic carbocycles. The molecule has 2 N–H and O–H groups in total. The zero-order chi connectivity index (χ0) is 14.8. The van der Waals surface area contributed by atoms with Crippen LogP contribution in [0.5, 0.6) is 0 Å². The largest absolute Gasteiger partial charge is 0.385 e. The molecule has 2 atom stereocenters. The van der Waals surface area contributed by atoms with Crippen LogP contribution in [0.2, 0.25) is 0 Å². The minimum atomic E-state index is 0.0247. The number of hydrogen-bond acceptors (Lipinski definition) is 3. The lowest BCUT2D eigenvalue weighted by Gasteiger charge is -2.20. The Hall–Kier alpha value is -1.55. The summed E-state index contributed by atoms with van der Waals surface area (Å²) in [6.45, 7) is 5.70. The van der Waals surface area contributed by atoms with E-state index in [1.54, 1.807) is 0 Å². The fourth-order valence-electron chi connectivity index (χ4n) is 3.13. The summed E-state index contributed by atoms with van der Waals surface area (Å²) < 4.78 is 5.78. The van der Waals surface area contributed by atoms with Gasteiger partial charge in [-0.05, 0) is 62.8 Å². The summed E-state index contributed by atoms with van der Waals surface area (Å²) in [5, 5.41) is 6.44. The number of rotatable bonds is 5. The molecule has 1 saturated heterocycles. The number of aryl methyl sites for hydroxylation is 1. The number of anilines is 1. The molecule has 3 rings (SSSR count). The van der Waals surface area contributed by atoms with Crippen molar-refractivity contribution in [1.29, 1.82) is 0 Å². The highest BCUT2D eigenvalue weighted by atomic mass is 16.5. The van der Waals surface area contributed by atoms with Crippen molar-refractivity contribution in [3.8, 4) is 0 Å². The third-order valence-corrected chi connectivity index (χ3v) is 4.39. The summed E-state index contributed by atoms with van der Waals surface area (Å²) in [5.74, 6) is 0.687. The van der Waals surface area contributed by atoms with E-state index in [0.717, 1.165) is 36.4 Å². The van der Waals surface area contributed by atoms with E-state index in [4.69, 9.17) is 4.74 Å². The first kappa shape index (κ1) is 14.4. The SMILES string of the molecule is CCNc1ccc(C(=O)NC2CCOC2C2CC2)c(C)c1. The molecule has 0 bridgehead atoms. The van der Waals surface area contributed by atoms with Gasteiger partial charge in [-0.25, -0.2) is 0 Å². The van der Waals surface area contributed by atoms with Gasteiger partial charge in [-0.15, -0.1) is 0 Å². The van der Waals surface area contributed by atoms with E-state index < -0.39 is 0 Å². The number of benzene rings is 1. The highest BCUT2D eigenvalue weighted by molar-refractivity contribution is 5.96. The van der Waals surface area contributed by atoms with E-state index in [1.807, 2.05) is 25.1 Å². The van der Waals surface area contributed by atoms with E-state index in [-0.39, 0.29) is 18.1 Å². The normalized spacial score (nSPS) is 24.9. The van der Waals surface area contributed by atoms with E-state index in [9.17, 15) is 4.79 Å². The lowest BCUT2D eigenvalue weighted by atomic mass is 10.0. The number of amides is 1.